The number of rotatable bonds is 12. The number of carbonyl (C=O) groups excluding carboxylic acids is 1. The summed E-state index contributed by atoms with van der Waals surface area (Å²) in [6, 6.07) is 30.6. The number of ether oxygens (including phenoxy) is 1. The van der Waals surface area contributed by atoms with E-state index >= 15 is 0 Å². The molecular weight excluding hydrogens is 529 g/mol. The van der Waals surface area contributed by atoms with Gasteiger partial charge in [0.05, 0.1) is 24.9 Å². The first-order valence-corrected chi connectivity index (χ1v) is 19.2. The summed E-state index contributed by atoms with van der Waals surface area (Å²) >= 11 is 0. The molecule has 216 valence electrons. The van der Waals surface area contributed by atoms with Crippen molar-refractivity contribution >= 4 is 33.0 Å². The van der Waals surface area contributed by atoms with E-state index in [2.05, 4.69) is 115 Å². The fourth-order valence-electron chi connectivity index (χ4n) is 4.77. The van der Waals surface area contributed by atoms with Crippen LogP contribution in [0.4, 0.5) is 0 Å². The van der Waals surface area contributed by atoms with Gasteiger partial charge in [0.1, 0.15) is 0 Å². The minimum Gasteiger partial charge on any atom is -0.462 e. The first kappa shape index (κ1) is 32.0. The molecule has 0 aromatic heterocycles. The van der Waals surface area contributed by atoms with Crippen LogP contribution in [0.1, 0.15) is 64.7 Å². The molecule has 4 nitrogen and oxygen atoms in total. The lowest BCUT2D eigenvalue weighted by molar-refractivity contribution is 0.0463. The molecule has 0 heterocycles. The Morgan fingerprint density at radius 2 is 1.20 bits per heavy atom. The van der Waals surface area contributed by atoms with Crippen molar-refractivity contribution in [1.29, 1.82) is 0 Å². The van der Waals surface area contributed by atoms with E-state index in [-0.39, 0.29) is 22.1 Å². The highest BCUT2D eigenvalue weighted by Gasteiger charge is 2.51. The van der Waals surface area contributed by atoms with E-state index in [1.165, 1.54) is 10.4 Å². The molecule has 0 aliphatic heterocycles. The van der Waals surface area contributed by atoms with E-state index in [9.17, 15) is 4.79 Å². The molecule has 0 spiro atoms. The molecule has 3 aromatic rings. The van der Waals surface area contributed by atoms with E-state index in [0.717, 1.165) is 6.42 Å². The van der Waals surface area contributed by atoms with Crippen LogP contribution in [0.2, 0.25) is 23.2 Å². The molecule has 0 saturated heterocycles. The topological polar surface area (TPSA) is 44.8 Å². The Kier molecular flexibility index (Phi) is 10.7. The van der Waals surface area contributed by atoms with Crippen molar-refractivity contribution in [3.8, 4) is 0 Å². The molecular formula is C34H48O4Si2. The summed E-state index contributed by atoms with van der Waals surface area (Å²) in [4.78, 5) is 12.5. The molecule has 0 aliphatic carbocycles. The second-order valence-corrected chi connectivity index (χ2v) is 22.2. The zero-order chi connectivity index (χ0) is 29.4. The molecule has 0 amide bonds. The maximum atomic E-state index is 12.5. The highest BCUT2D eigenvalue weighted by atomic mass is 28.4. The van der Waals surface area contributed by atoms with Crippen LogP contribution < -0.4 is 10.4 Å². The zero-order valence-corrected chi connectivity index (χ0v) is 27.7. The SMILES string of the molecule is CC(C)(C)[Si](C)(C)OCC(CCCOC(=O)c1ccccc1)O[Si](c1ccccc1)(c1ccccc1)C(C)(C)C. The maximum Gasteiger partial charge on any atom is 0.338 e. The summed E-state index contributed by atoms with van der Waals surface area (Å²) in [5, 5.41) is 2.47. The van der Waals surface area contributed by atoms with Gasteiger partial charge in [0.15, 0.2) is 8.32 Å². The standard InChI is InChI=1S/C34H48O4Si2/c1-33(2,3)39(7,8)37-27-29(21-18-26-36-32(35)28-19-12-9-13-20-28)38-40(34(4,5)6,30-22-14-10-15-23-30)31-24-16-11-17-25-31/h9-17,19-20,22-25,29H,18,21,26-27H2,1-8H3. The highest BCUT2D eigenvalue weighted by Crippen LogP contribution is 2.39. The van der Waals surface area contributed by atoms with Crippen LogP contribution in [0, 0.1) is 0 Å². The van der Waals surface area contributed by atoms with Crippen molar-refractivity contribution in [2.45, 2.75) is 83.7 Å². The normalized spacial score (nSPS) is 13.6. The Balaban J connectivity index is 1.91. The summed E-state index contributed by atoms with van der Waals surface area (Å²) in [5.74, 6) is -0.289. The van der Waals surface area contributed by atoms with Crippen LogP contribution in [0.25, 0.3) is 0 Å². The molecule has 0 bridgehead atoms. The van der Waals surface area contributed by atoms with E-state index in [1.54, 1.807) is 12.1 Å². The van der Waals surface area contributed by atoms with Crippen LogP contribution in [0.3, 0.4) is 0 Å². The molecule has 3 rings (SSSR count). The minimum absolute atomic E-state index is 0.0974. The van der Waals surface area contributed by atoms with E-state index in [1.807, 2.05) is 18.2 Å². The third kappa shape index (κ3) is 7.81. The van der Waals surface area contributed by atoms with Gasteiger partial charge in [0.2, 0.25) is 0 Å². The third-order valence-electron chi connectivity index (χ3n) is 8.11. The van der Waals surface area contributed by atoms with Gasteiger partial charge in [-0.15, -0.1) is 0 Å². The molecule has 0 radical (unpaired) electrons. The summed E-state index contributed by atoms with van der Waals surface area (Å²) in [7, 11) is -4.77. The summed E-state index contributed by atoms with van der Waals surface area (Å²) in [6.07, 6.45) is 1.29. The predicted octanol–water partition coefficient (Wildman–Crippen LogP) is 7.59. The number of hydrogen-bond donors (Lipinski definition) is 0. The van der Waals surface area contributed by atoms with Crippen molar-refractivity contribution in [3.63, 3.8) is 0 Å². The molecule has 0 N–H and O–H groups in total. The number of esters is 1. The van der Waals surface area contributed by atoms with Crippen LogP contribution in [-0.4, -0.2) is 41.9 Å². The molecule has 0 aliphatic rings. The molecule has 0 saturated carbocycles. The first-order chi connectivity index (χ1) is 18.8. The van der Waals surface area contributed by atoms with Crippen molar-refractivity contribution in [3.05, 3.63) is 96.6 Å². The lowest BCUT2D eigenvalue weighted by atomic mass is 10.2. The summed E-state index contributed by atoms with van der Waals surface area (Å²) in [6.45, 7) is 19.1. The molecule has 6 heteroatoms. The number of carbonyl (C=O) groups is 1. The molecule has 1 atom stereocenters. The third-order valence-corrected chi connectivity index (χ3v) is 17.7. The van der Waals surface area contributed by atoms with Gasteiger partial charge in [0, 0.05) is 0 Å². The van der Waals surface area contributed by atoms with E-state index < -0.39 is 16.6 Å². The average Bonchev–Trinajstić information content (AvgIpc) is 2.92. The van der Waals surface area contributed by atoms with Crippen LogP contribution >= 0.6 is 0 Å². The van der Waals surface area contributed by atoms with Gasteiger partial charge in [0.25, 0.3) is 8.32 Å². The van der Waals surface area contributed by atoms with Crippen LogP contribution in [0.5, 0.6) is 0 Å². The van der Waals surface area contributed by atoms with Crippen molar-refractivity contribution < 1.29 is 18.4 Å². The lowest BCUT2D eigenvalue weighted by Gasteiger charge is -2.46. The largest absolute Gasteiger partial charge is 0.462 e. The summed E-state index contributed by atoms with van der Waals surface area (Å²) in [5.41, 5.74) is 0.573. The van der Waals surface area contributed by atoms with Gasteiger partial charge in [-0.3, -0.25) is 0 Å². The quantitative estimate of drug-likeness (QED) is 0.127. The van der Waals surface area contributed by atoms with Gasteiger partial charge in [-0.05, 0) is 58.5 Å². The minimum atomic E-state index is -2.76. The second-order valence-electron chi connectivity index (χ2n) is 13.1. The van der Waals surface area contributed by atoms with Crippen molar-refractivity contribution in [1.82, 2.24) is 0 Å². The second kappa shape index (κ2) is 13.4. The monoisotopic (exact) mass is 576 g/mol. The number of benzene rings is 3. The number of hydrogen-bond acceptors (Lipinski definition) is 4. The van der Waals surface area contributed by atoms with E-state index in [4.69, 9.17) is 13.6 Å². The lowest BCUT2D eigenvalue weighted by Crippen LogP contribution is -2.68. The Morgan fingerprint density at radius 1 is 0.725 bits per heavy atom. The predicted molar refractivity (Wildman–Crippen MR) is 172 cm³/mol. The van der Waals surface area contributed by atoms with E-state index in [0.29, 0.717) is 25.2 Å². The zero-order valence-electron chi connectivity index (χ0n) is 25.7. The Bertz CT molecular complexity index is 1140. The molecule has 3 aromatic carbocycles. The Morgan fingerprint density at radius 3 is 1.65 bits per heavy atom. The highest BCUT2D eigenvalue weighted by molar-refractivity contribution is 6.99. The van der Waals surface area contributed by atoms with Gasteiger partial charge in [-0.25, -0.2) is 4.79 Å². The maximum absolute atomic E-state index is 12.5. The van der Waals surface area contributed by atoms with Crippen LogP contribution in [0.15, 0.2) is 91.0 Å². The molecule has 0 fully saturated rings. The van der Waals surface area contributed by atoms with Gasteiger partial charge in [-0.1, -0.05) is 120 Å². The van der Waals surface area contributed by atoms with Gasteiger partial charge >= 0.3 is 5.97 Å². The summed E-state index contributed by atoms with van der Waals surface area (Å²) < 4.78 is 19.9. The molecule has 1 unspecified atom stereocenters. The Hall–Kier alpha value is -2.52. The molecule has 40 heavy (non-hydrogen) atoms. The Labute approximate surface area is 244 Å². The van der Waals surface area contributed by atoms with Crippen LogP contribution in [-0.2, 0) is 13.6 Å². The average molecular weight is 577 g/mol. The fourth-order valence-corrected chi connectivity index (χ4v) is 10.5. The van der Waals surface area contributed by atoms with Crippen molar-refractivity contribution in [2.24, 2.45) is 0 Å². The van der Waals surface area contributed by atoms with Gasteiger partial charge < -0.3 is 13.6 Å². The smallest absolute Gasteiger partial charge is 0.338 e. The van der Waals surface area contributed by atoms with Crippen molar-refractivity contribution in [2.75, 3.05) is 13.2 Å². The fraction of sp³-hybridized carbons (Fsp3) is 0.441. The first-order valence-electron chi connectivity index (χ1n) is 14.4. The van der Waals surface area contributed by atoms with Gasteiger partial charge in [-0.2, -0.15) is 0 Å².